The Morgan fingerprint density at radius 1 is 1.07 bits per heavy atom. The fourth-order valence-corrected chi connectivity index (χ4v) is 2.11. The SMILES string of the molecule is CCCOc1ccc(/C=C/C(=O)OCC(=O)NC(=O)NC(C)(C)C)cc1OCC. The molecule has 2 N–H and O–H groups in total. The van der Waals surface area contributed by atoms with Crippen molar-refractivity contribution in [3.05, 3.63) is 29.8 Å². The molecule has 0 aliphatic rings. The summed E-state index contributed by atoms with van der Waals surface area (Å²) in [5, 5.41) is 4.66. The minimum atomic E-state index is -0.718. The van der Waals surface area contributed by atoms with E-state index in [0.29, 0.717) is 30.3 Å². The number of benzene rings is 1. The fraction of sp³-hybridized carbons (Fsp3) is 0.476. The lowest BCUT2D eigenvalue weighted by atomic mass is 10.1. The van der Waals surface area contributed by atoms with Crippen LogP contribution in [0.15, 0.2) is 24.3 Å². The molecule has 0 fully saturated rings. The van der Waals surface area contributed by atoms with E-state index in [1.807, 2.05) is 13.8 Å². The molecule has 0 heterocycles. The predicted molar refractivity (Wildman–Crippen MR) is 110 cm³/mol. The summed E-state index contributed by atoms with van der Waals surface area (Å²) in [5.41, 5.74) is 0.226. The Hall–Kier alpha value is -3.03. The largest absolute Gasteiger partial charge is 0.490 e. The zero-order chi connectivity index (χ0) is 21.9. The van der Waals surface area contributed by atoms with E-state index >= 15 is 0 Å². The maximum atomic E-state index is 11.8. The van der Waals surface area contributed by atoms with Crippen LogP contribution in [0.25, 0.3) is 6.08 Å². The van der Waals surface area contributed by atoms with E-state index < -0.39 is 30.1 Å². The van der Waals surface area contributed by atoms with Gasteiger partial charge in [0.2, 0.25) is 0 Å². The van der Waals surface area contributed by atoms with Crippen LogP contribution in [0.3, 0.4) is 0 Å². The maximum Gasteiger partial charge on any atom is 0.331 e. The second-order valence-electron chi connectivity index (χ2n) is 7.18. The molecule has 160 valence electrons. The summed E-state index contributed by atoms with van der Waals surface area (Å²) in [5.74, 6) is -0.204. The summed E-state index contributed by atoms with van der Waals surface area (Å²) in [6.45, 7) is 9.72. The summed E-state index contributed by atoms with van der Waals surface area (Å²) >= 11 is 0. The molecule has 0 saturated carbocycles. The monoisotopic (exact) mass is 406 g/mol. The Morgan fingerprint density at radius 2 is 1.79 bits per heavy atom. The molecule has 1 rings (SSSR count). The molecule has 0 aliphatic carbocycles. The third kappa shape index (κ3) is 10.2. The van der Waals surface area contributed by atoms with Gasteiger partial charge >= 0.3 is 12.0 Å². The van der Waals surface area contributed by atoms with Gasteiger partial charge in [-0.15, -0.1) is 0 Å². The highest BCUT2D eigenvalue weighted by Gasteiger charge is 2.16. The van der Waals surface area contributed by atoms with Gasteiger partial charge in [0.05, 0.1) is 13.2 Å². The Morgan fingerprint density at radius 3 is 2.41 bits per heavy atom. The molecule has 1 aromatic rings. The molecule has 8 nitrogen and oxygen atoms in total. The molecule has 29 heavy (non-hydrogen) atoms. The van der Waals surface area contributed by atoms with Crippen LogP contribution >= 0.6 is 0 Å². The number of nitrogens with one attached hydrogen (secondary N) is 2. The number of ether oxygens (including phenoxy) is 3. The van der Waals surface area contributed by atoms with Crippen LogP contribution in [0.2, 0.25) is 0 Å². The van der Waals surface area contributed by atoms with Crippen LogP contribution in [0.4, 0.5) is 4.79 Å². The quantitative estimate of drug-likeness (QED) is 0.483. The summed E-state index contributed by atoms with van der Waals surface area (Å²) in [6, 6.07) is 4.65. The molecule has 0 bridgehead atoms. The molecule has 0 aliphatic heterocycles. The van der Waals surface area contributed by atoms with Crippen molar-refractivity contribution in [3.63, 3.8) is 0 Å². The van der Waals surface area contributed by atoms with Crippen LogP contribution in [0.1, 0.15) is 46.6 Å². The third-order valence-electron chi connectivity index (χ3n) is 3.23. The van der Waals surface area contributed by atoms with Crippen LogP contribution < -0.4 is 20.1 Å². The minimum Gasteiger partial charge on any atom is -0.490 e. The van der Waals surface area contributed by atoms with E-state index in [1.54, 1.807) is 45.0 Å². The maximum absolute atomic E-state index is 11.8. The Bertz CT molecular complexity index is 737. The number of carbonyl (C=O) groups is 3. The number of hydrogen-bond donors (Lipinski definition) is 2. The van der Waals surface area contributed by atoms with Crippen LogP contribution in [-0.2, 0) is 14.3 Å². The number of carbonyl (C=O) groups excluding carboxylic acids is 3. The van der Waals surface area contributed by atoms with Gasteiger partial charge in [0.15, 0.2) is 18.1 Å². The highest BCUT2D eigenvalue weighted by molar-refractivity contribution is 5.96. The van der Waals surface area contributed by atoms with Crippen molar-refractivity contribution in [2.45, 2.75) is 46.6 Å². The Kier molecular flexibility index (Phi) is 9.71. The van der Waals surface area contributed by atoms with Gasteiger partial charge in [-0.3, -0.25) is 10.1 Å². The van der Waals surface area contributed by atoms with Gasteiger partial charge in [-0.05, 0) is 57.9 Å². The third-order valence-corrected chi connectivity index (χ3v) is 3.23. The van der Waals surface area contributed by atoms with Gasteiger partial charge in [-0.1, -0.05) is 13.0 Å². The second-order valence-corrected chi connectivity index (χ2v) is 7.18. The van der Waals surface area contributed by atoms with E-state index in [2.05, 4.69) is 10.6 Å². The average molecular weight is 406 g/mol. The van der Waals surface area contributed by atoms with Crippen molar-refractivity contribution < 1.29 is 28.6 Å². The lowest BCUT2D eigenvalue weighted by Crippen LogP contribution is -2.49. The van der Waals surface area contributed by atoms with E-state index in [9.17, 15) is 14.4 Å². The zero-order valence-electron chi connectivity index (χ0n) is 17.7. The van der Waals surface area contributed by atoms with Gasteiger partial charge in [0.1, 0.15) is 0 Å². The smallest absolute Gasteiger partial charge is 0.331 e. The highest BCUT2D eigenvalue weighted by atomic mass is 16.5. The zero-order valence-corrected chi connectivity index (χ0v) is 17.7. The molecule has 0 aromatic heterocycles. The van der Waals surface area contributed by atoms with Crippen molar-refractivity contribution >= 4 is 24.0 Å². The Balaban J connectivity index is 2.57. The molecule has 1 aromatic carbocycles. The normalized spacial score (nSPS) is 11.1. The molecular formula is C21H30N2O6. The molecule has 0 radical (unpaired) electrons. The molecule has 0 atom stereocenters. The van der Waals surface area contributed by atoms with Crippen molar-refractivity contribution in [1.82, 2.24) is 10.6 Å². The summed E-state index contributed by atoms with van der Waals surface area (Å²) < 4.78 is 16.0. The number of esters is 1. The topological polar surface area (TPSA) is 103 Å². The number of imide groups is 1. The van der Waals surface area contributed by atoms with Gasteiger partial charge in [0, 0.05) is 11.6 Å². The minimum absolute atomic E-state index is 0.482. The molecule has 0 spiro atoms. The lowest BCUT2D eigenvalue weighted by Gasteiger charge is -2.20. The lowest BCUT2D eigenvalue weighted by molar-refractivity contribution is -0.143. The summed E-state index contributed by atoms with van der Waals surface area (Å²) in [7, 11) is 0. The molecule has 8 heteroatoms. The van der Waals surface area contributed by atoms with Crippen molar-refractivity contribution in [2.24, 2.45) is 0 Å². The van der Waals surface area contributed by atoms with Crippen molar-refractivity contribution in [2.75, 3.05) is 19.8 Å². The second kappa shape index (κ2) is 11.7. The van der Waals surface area contributed by atoms with E-state index in [-0.39, 0.29) is 0 Å². The van der Waals surface area contributed by atoms with Crippen LogP contribution in [0.5, 0.6) is 11.5 Å². The molecular weight excluding hydrogens is 376 g/mol. The number of amides is 3. The number of urea groups is 1. The van der Waals surface area contributed by atoms with Gasteiger partial charge < -0.3 is 19.5 Å². The molecule has 0 unspecified atom stereocenters. The fourth-order valence-electron chi connectivity index (χ4n) is 2.11. The van der Waals surface area contributed by atoms with Gasteiger partial charge in [-0.2, -0.15) is 0 Å². The van der Waals surface area contributed by atoms with Crippen molar-refractivity contribution in [1.29, 1.82) is 0 Å². The van der Waals surface area contributed by atoms with E-state index in [1.165, 1.54) is 6.08 Å². The molecule has 0 saturated heterocycles. The first-order valence-corrected chi connectivity index (χ1v) is 9.51. The number of rotatable bonds is 9. The van der Waals surface area contributed by atoms with Gasteiger partial charge in [0.25, 0.3) is 5.91 Å². The molecule has 3 amide bonds. The standard InChI is InChI=1S/C21H30N2O6/c1-6-12-28-16-10-8-15(13-17(16)27-7-2)9-11-19(25)29-14-18(24)22-20(26)23-21(3,4)5/h8-11,13H,6-7,12,14H2,1-5H3,(H2,22,23,24,26)/b11-9+. The Labute approximate surface area is 171 Å². The van der Waals surface area contributed by atoms with Gasteiger partial charge in [-0.25, -0.2) is 9.59 Å². The first kappa shape index (κ1) is 24.0. The van der Waals surface area contributed by atoms with E-state index in [4.69, 9.17) is 14.2 Å². The summed E-state index contributed by atoms with van der Waals surface area (Å²) in [6.07, 6.45) is 3.61. The first-order chi connectivity index (χ1) is 13.6. The predicted octanol–water partition coefficient (Wildman–Crippen LogP) is 3.05. The average Bonchev–Trinajstić information content (AvgIpc) is 2.62. The summed E-state index contributed by atoms with van der Waals surface area (Å²) in [4.78, 5) is 35.0. The highest BCUT2D eigenvalue weighted by Crippen LogP contribution is 2.29. The van der Waals surface area contributed by atoms with Crippen molar-refractivity contribution in [3.8, 4) is 11.5 Å². The first-order valence-electron chi connectivity index (χ1n) is 9.51. The van der Waals surface area contributed by atoms with Crippen LogP contribution in [-0.4, -0.2) is 43.3 Å². The van der Waals surface area contributed by atoms with Crippen LogP contribution in [0, 0.1) is 0 Å². The van der Waals surface area contributed by atoms with E-state index in [0.717, 1.165) is 6.42 Å². The number of hydrogen-bond acceptors (Lipinski definition) is 6.